The zero-order valence-corrected chi connectivity index (χ0v) is 14.4. The van der Waals surface area contributed by atoms with Gasteiger partial charge in [-0.25, -0.2) is 13.2 Å². The van der Waals surface area contributed by atoms with E-state index in [1.807, 2.05) is 0 Å². The topological polar surface area (TPSA) is 81.7 Å². The van der Waals surface area contributed by atoms with Crippen LogP contribution in [0.1, 0.15) is 15.9 Å². The predicted molar refractivity (Wildman–Crippen MR) is 86.5 cm³/mol. The van der Waals surface area contributed by atoms with Crippen LogP contribution in [0, 0.1) is 6.92 Å². The van der Waals surface area contributed by atoms with E-state index in [-0.39, 0.29) is 11.3 Å². The molecule has 0 aromatic heterocycles. The third-order valence-electron chi connectivity index (χ3n) is 3.24. The number of alkyl halides is 3. The minimum absolute atomic E-state index is 0.166. The highest BCUT2D eigenvalue weighted by Gasteiger charge is 2.31. The van der Waals surface area contributed by atoms with Gasteiger partial charge in [0.1, 0.15) is 5.75 Å². The van der Waals surface area contributed by atoms with E-state index >= 15 is 0 Å². The molecule has 1 N–H and O–H groups in total. The largest absolute Gasteiger partial charge is 0.573 e. The monoisotopic (exact) mass is 389 g/mol. The average Bonchev–Trinajstić information content (AvgIpc) is 2.54. The number of carbonyl (C=O) groups is 1. The molecule has 0 amide bonds. The molecule has 2 aromatic carbocycles. The van der Waals surface area contributed by atoms with Gasteiger partial charge in [-0.05, 0) is 42.8 Å². The molecule has 0 saturated carbocycles. The Kier molecular flexibility index (Phi) is 5.45. The summed E-state index contributed by atoms with van der Waals surface area (Å²) in [6.45, 7) is 1.56. The number of carbonyl (C=O) groups excluding carboxylic acids is 1. The summed E-state index contributed by atoms with van der Waals surface area (Å²) < 4.78 is 72.2. The predicted octanol–water partition coefficient (Wildman–Crippen LogP) is 3.48. The van der Waals surface area contributed by atoms with Gasteiger partial charge in [-0.15, -0.1) is 13.2 Å². The van der Waals surface area contributed by atoms with Crippen LogP contribution in [0.25, 0.3) is 0 Å². The first-order valence-corrected chi connectivity index (χ1v) is 8.58. The fourth-order valence-electron chi connectivity index (χ4n) is 2.07. The van der Waals surface area contributed by atoms with Crippen LogP contribution >= 0.6 is 0 Å². The SMILES string of the molecule is COC(=O)c1ccc(NS(=O)(=O)c2cccc(OC(F)(F)F)c2)c(C)c1. The quantitative estimate of drug-likeness (QED) is 0.792. The molecule has 0 aliphatic rings. The summed E-state index contributed by atoms with van der Waals surface area (Å²) in [5, 5.41) is 0. The number of nitrogens with one attached hydrogen (secondary N) is 1. The van der Waals surface area contributed by atoms with Gasteiger partial charge in [0, 0.05) is 6.07 Å². The maximum atomic E-state index is 12.4. The Bertz CT molecular complexity index is 926. The smallest absolute Gasteiger partial charge is 0.465 e. The van der Waals surface area contributed by atoms with Crippen LogP contribution in [0.2, 0.25) is 0 Å². The molecular formula is C16H14F3NO5S. The third-order valence-corrected chi connectivity index (χ3v) is 4.60. The number of hydrogen-bond donors (Lipinski definition) is 1. The van der Waals surface area contributed by atoms with E-state index in [0.717, 1.165) is 24.3 Å². The van der Waals surface area contributed by atoms with Crippen molar-refractivity contribution in [1.29, 1.82) is 0 Å². The highest BCUT2D eigenvalue weighted by molar-refractivity contribution is 7.92. The van der Waals surface area contributed by atoms with E-state index in [2.05, 4.69) is 14.2 Å². The average molecular weight is 389 g/mol. The van der Waals surface area contributed by atoms with Crippen molar-refractivity contribution in [1.82, 2.24) is 0 Å². The van der Waals surface area contributed by atoms with E-state index in [9.17, 15) is 26.4 Å². The molecule has 10 heteroatoms. The number of benzene rings is 2. The van der Waals surface area contributed by atoms with Crippen LogP contribution in [-0.2, 0) is 14.8 Å². The van der Waals surface area contributed by atoms with E-state index in [1.54, 1.807) is 6.92 Å². The van der Waals surface area contributed by atoms with Crippen molar-refractivity contribution in [2.45, 2.75) is 18.2 Å². The Morgan fingerprint density at radius 2 is 1.81 bits per heavy atom. The summed E-state index contributed by atoms with van der Waals surface area (Å²) in [7, 11) is -2.95. The number of methoxy groups -OCH3 is 1. The number of anilines is 1. The van der Waals surface area contributed by atoms with Crippen LogP contribution < -0.4 is 9.46 Å². The number of aryl methyl sites for hydroxylation is 1. The lowest BCUT2D eigenvalue weighted by Crippen LogP contribution is -2.18. The molecule has 140 valence electrons. The van der Waals surface area contributed by atoms with E-state index in [0.29, 0.717) is 5.56 Å². The molecule has 0 heterocycles. The standard InChI is InChI=1S/C16H14F3NO5S/c1-10-8-11(15(21)24-2)6-7-14(10)20-26(22,23)13-5-3-4-12(9-13)25-16(17,18)19/h3-9,20H,1-2H3. The maximum Gasteiger partial charge on any atom is 0.573 e. The van der Waals surface area contributed by atoms with Crippen molar-refractivity contribution in [2.75, 3.05) is 11.8 Å². The van der Waals surface area contributed by atoms with Gasteiger partial charge in [-0.1, -0.05) is 6.07 Å². The highest BCUT2D eigenvalue weighted by Crippen LogP contribution is 2.27. The normalized spacial score (nSPS) is 11.7. The number of hydrogen-bond acceptors (Lipinski definition) is 5. The Labute approximate surface area is 147 Å². The van der Waals surface area contributed by atoms with Gasteiger partial charge in [0.25, 0.3) is 10.0 Å². The van der Waals surface area contributed by atoms with Gasteiger partial charge in [-0.2, -0.15) is 0 Å². The Hall–Kier alpha value is -2.75. The van der Waals surface area contributed by atoms with Crippen LogP contribution in [-0.4, -0.2) is 27.9 Å². The summed E-state index contributed by atoms with van der Waals surface area (Å²) in [4.78, 5) is 11.1. The van der Waals surface area contributed by atoms with Crippen molar-refractivity contribution in [3.05, 3.63) is 53.6 Å². The Morgan fingerprint density at radius 1 is 1.12 bits per heavy atom. The summed E-state index contributed by atoms with van der Waals surface area (Å²) in [5.41, 5.74) is 0.826. The van der Waals surface area contributed by atoms with Gasteiger partial charge in [-0.3, -0.25) is 4.72 Å². The van der Waals surface area contributed by atoms with E-state index in [1.165, 1.54) is 25.3 Å². The Balaban J connectivity index is 2.29. The molecule has 6 nitrogen and oxygen atoms in total. The number of halogens is 3. The van der Waals surface area contributed by atoms with Crippen molar-refractivity contribution in [2.24, 2.45) is 0 Å². The molecule has 0 spiro atoms. The maximum absolute atomic E-state index is 12.4. The van der Waals surface area contributed by atoms with Crippen molar-refractivity contribution in [3.63, 3.8) is 0 Å². The molecule has 2 aromatic rings. The van der Waals surface area contributed by atoms with Gasteiger partial charge < -0.3 is 9.47 Å². The third kappa shape index (κ3) is 4.88. The first kappa shape index (κ1) is 19.6. The van der Waals surface area contributed by atoms with Gasteiger partial charge >= 0.3 is 12.3 Å². The molecule has 0 fully saturated rings. The molecule has 0 atom stereocenters. The second-order valence-electron chi connectivity index (χ2n) is 5.15. The molecule has 26 heavy (non-hydrogen) atoms. The Morgan fingerprint density at radius 3 is 2.38 bits per heavy atom. The zero-order valence-electron chi connectivity index (χ0n) is 13.6. The molecule has 0 aliphatic carbocycles. The first-order chi connectivity index (χ1) is 12.0. The number of rotatable bonds is 5. The minimum atomic E-state index is -4.93. The molecule has 0 bridgehead atoms. The van der Waals surface area contributed by atoms with Crippen molar-refractivity contribution >= 4 is 21.7 Å². The molecule has 0 unspecified atom stereocenters. The molecule has 0 saturated heterocycles. The van der Waals surface area contributed by atoms with Crippen LogP contribution in [0.4, 0.5) is 18.9 Å². The lowest BCUT2D eigenvalue weighted by Gasteiger charge is -2.13. The van der Waals surface area contributed by atoms with Crippen LogP contribution in [0.3, 0.4) is 0 Å². The highest BCUT2D eigenvalue weighted by atomic mass is 32.2. The van der Waals surface area contributed by atoms with Crippen LogP contribution in [0.15, 0.2) is 47.4 Å². The first-order valence-electron chi connectivity index (χ1n) is 7.09. The van der Waals surface area contributed by atoms with Gasteiger partial charge in [0.05, 0.1) is 23.3 Å². The van der Waals surface area contributed by atoms with E-state index in [4.69, 9.17) is 0 Å². The summed E-state index contributed by atoms with van der Waals surface area (Å²) in [6.07, 6.45) is -4.93. The molecular weight excluding hydrogens is 375 g/mol. The molecule has 0 radical (unpaired) electrons. The number of esters is 1. The number of sulfonamides is 1. The summed E-state index contributed by atoms with van der Waals surface area (Å²) in [5.74, 6) is -1.24. The minimum Gasteiger partial charge on any atom is -0.465 e. The fraction of sp³-hybridized carbons (Fsp3) is 0.188. The summed E-state index contributed by atoms with van der Waals surface area (Å²) >= 11 is 0. The van der Waals surface area contributed by atoms with E-state index < -0.39 is 33.0 Å². The summed E-state index contributed by atoms with van der Waals surface area (Å²) in [6, 6.07) is 8.14. The molecule has 0 aliphatic heterocycles. The van der Waals surface area contributed by atoms with Crippen molar-refractivity contribution < 1.29 is 35.9 Å². The van der Waals surface area contributed by atoms with Crippen molar-refractivity contribution in [3.8, 4) is 5.75 Å². The molecule has 2 rings (SSSR count). The van der Waals surface area contributed by atoms with Gasteiger partial charge in [0.2, 0.25) is 0 Å². The number of ether oxygens (including phenoxy) is 2. The lowest BCUT2D eigenvalue weighted by molar-refractivity contribution is -0.274. The zero-order chi connectivity index (χ0) is 19.5. The fourth-order valence-corrected chi connectivity index (χ4v) is 3.23. The second kappa shape index (κ2) is 7.24. The van der Waals surface area contributed by atoms with Gasteiger partial charge in [0.15, 0.2) is 0 Å². The second-order valence-corrected chi connectivity index (χ2v) is 6.83. The van der Waals surface area contributed by atoms with Crippen LogP contribution in [0.5, 0.6) is 5.75 Å². The lowest BCUT2D eigenvalue weighted by atomic mass is 10.1.